The smallest absolute Gasteiger partial charge is 0.465 e. The van der Waals surface area contributed by atoms with Gasteiger partial charge in [0.2, 0.25) is 0 Å². The van der Waals surface area contributed by atoms with Gasteiger partial charge in [-0.3, -0.25) is 14.1 Å². The monoisotopic (exact) mass is 1250 g/mol. The summed E-state index contributed by atoms with van der Waals surface area (Å²) in [7, 11) is -19.1. The Hall–Kier alpha value is -5.63. The zero-order chi connectivity index (χ0) is 59.7. The van der Waals surface area contributed by atoms with E-state index in [4.69, 9.17) is 26.1 Å². The summed E-state index contributed by atoms with van der Waals surface area (Å²) >= 11 is 7.59. The van der Waals surface area contributed by atoms with Gasteiger partial charge < -0.3 is 39.1 Å². The Morgan fingerprint density at radius 1 is 0.841 bits per heavy atom. The van der Waals surface area contributed by atoms with Gasteiger partial charge in [0, 0.05) is 108 Å². The van der Waals surface area contributed by atoms with Crippen LogP contribution in [0.1, 0.15) is 38.9 Å². The van der Waals surface area contributed by atoms with Crippen LogP contribution < -0.4 is 19.8 Å². The second-order valence-electron chi connectivity index (χ2n) is 20.9. The van der Waals surface area contributed by atoms with Crippen molar-refractivity contribution in [3.8, 4) is 22.4 Å². The van der Waals surface area contributed by atoms with Gasteiger partial charge >= 0.3 is 19.1 Å². The summed E-state index contributed by atoms with van der Waals surface area (Å²) < 4.78 is 161. The van der Waals surface area contributed by atoms with Gasteiger partial charge in [-0.1, -0.05) is 41.9 Å². The third-order valence-corrected chi connectivity index (χ3v) is 20.5. The Balaban J connectivity index is 0.966. The number of carbonyl (C=O) groups is 1. The molecule has 0 amide bonds. The fraction of sp³-hybridized carbons (Fsp3) is 0.364. The highest BCUT2D eigenvalue weighted by molar-refractivity contribution is 7.99. The number of hydrogen-bond donors (Lipinski definition) is 4. The molecule has 82 heavy (non-hydrogen) atoms. The van der Waals surface area contributed by atoms with E-state index in [9.17, 15) is 47.8 Å². The molecular weight excluding hydrogens is 1190 g/mol. The summed E-state index contributed by atoms with van der Waals surface area (Å²) in [4.78, 5) is 35.7. The highest BCUT2D eigenvalue weighted by atomic mass is 35.5. The molecule has 1 aromatic heterocycles. The lowest BCUT2D eigenvalue weighted by Gasteiger charge is -2.46. The maximum atomic E-state index is 15.8. The lowest BCUT2D eigenvalue weighted by atomic mass is 9.82. The topological polar surface area (TPSA) is 225 Å². The highest BCUT2D eigenvalue weighted by Crippen LogP contribution is 2.45. The number of likely N-dealkylation sites (tertiary alicyclic amines) is 1. The molecule has 2 saturated heterocycles. The molecule has 442 valence electrons. The largest absolute Gasteiger partial charge is 0.501 e. The van der Waals surface area contributed by atoms with Gasteiger partial charge in [-0.15, -0.1) is 11.8 Å². The van der Waals surface area contributed by atoms with E-state index in [1.807, 2.05) is 45.2 Å². The summed E-state index contributed by atoms with van der Waals surface area (Å²) in [5.41, 5.74) is -3.47. The number of ether oxygens (including phenoxy) is 1. The molecule has 8 rings (SSSR count). The number of carbonyl (C=O) groups excluding carboxylic acids is 1. The van der Waals surface area contributed by atoms with Crippen LogP contribution in [0.4, 0.5) is 40.3 Å². The van der Waals surface area contributed by atoms with Gasteiger partial charge in [0.15, 0.2) is 9.84 Å². The molecular formula is C55H62ClF4N6O11PS4. The SMILES string of the molecule is Cc1c(S(C)(=O)=O)c(-c2cc(F)cc(N3CCN(c4ccc(NS(=O)(=O)c5ccc(N[C@H](CCN6CC(C)(C(=O)OCCP(=O)(O)O)C6)CSc6ccccc6)c(S(=O)(=O)C(F)(F)F)c5)cc4)CC3)c2)c(-c2ccc(Cl)cc2)n1C(C)C. The van der Waals surface area contributed by atoms with E-state index in [-0.39, 0.29) is 41.9 Å². The summed E-state index contributed by atoms with van der Waals surface area (Å²) in [6.45, 7) is 9.18. The van der Waals surface area contributed by atoms with Crippen LogP contribution in [0, 0.1) is 18.2 Å². The number of sulfone groups is 2. The van der Waals surface area contributed by atoms with Crippen molar-refractivity contribution in [2.45, 2.75) is 71.3 Å². The number of aromatic nitrogens is 1. The van der Waals surface area contributed by atoms with Gasteiger partial charge in [0.25, 0.3) is 19.9 Å². The first-order valence-corrected chi connectivity index (χ1v) is 33.8. The maximum absolute atomic E-state index is 15.8. The van der Waals surface area contributed by atoms with E-state index in [1.165, 1.54) is 36.0 Å². The number of benzene rings is 5. The zero-order valence-electron chi connectivity index (χ0n) is 45.2. The highest BCUT2D eigenvalue weighted by Gasteiger charge is 2.49. The van der Waals surface area contributed by atoms with Gasteiger partial charge in [-0.2, -0.15) is 13.2 Å². The van der Waals surface area contributed by atoms with Gasteiger partial charge in [-0.05, 0) is 130 Å². The van der Waals surface area contributed by atoms with E-state index >= 15 is 4.39 Å². The maximum Gasteiger partial charge on any atom is 0.501 e. The van der Waals surface area contributed by atoms with Crippen molar-refractivity contribution in [2.24, 2.45) is 5.41 Å². The van der Waals surface area contributed by atoms with Crippen LogP contribution in [-0.4, -0.2) is 133 Å². The van der Waals surface area contributed by atoms with Gasteiger partial charge in [0.05, 0.1) is 32.7 Å². The number of piperazine rings is 1. The molecule has 0 saturated carbocycles. The Morgan fingerprint density at radius 2 is 1.46 bits per heavy atom. The van der Waals surface area contributed by atoms with E-state index < -0.39 is 94.3 Å². The molecule has 4 N–H and O–H groups in total. The Bertz CT molecular complexity index is 3710. The average Bonchev–Trinajstić information content (AvgIpc) is 3.79. The third kappa shape index (κ3) is 14.5. The predicted octanol–water partition coefficient (Wildman–Crippen LogP) is 10.3. The number of halogens is 5. The molecule has 27 heteroatoms. The molecule has 2 aliphatic rings. The molecule has 0 radical (unpaired) electrons. The van der Waals surface area contributed by atoms with Crippen LogP contribution in [-0.2, 0) is 43.8 Å². The van der Waals surface area contributed by atoms with E-state index in [2.05, 4.69) is 10.0 Å². The van der Waals surface area contributed by atoms with Crippen molar-refractivity contribution in [2.75, 3.05) is 90.4 Å². The number of nitrogens with zero attached hydrogens (tertiary/aromatic N) is 4. The van der Waals surface area contributed by atoms with Crippen molar-refractivity contribution >= 4 is 89.4 Å². The molecule has 3 heterocycles. The summed E-state index contributed by atoms with van der Waals surface area (Å²) in [5, 5.41) is 3.43. The summed E-state index contributed by atoms with van der Waals surface area (Å²) in [6.07, 6.45) is 0.731. The molecule has 0 bridgehead atoms. The number of alkyl halides is 3. The Labute approximate surface area is 484 Å². The third-order valence-electron chi connectivity index (χ3n) is 14.2. The standard InChI is InChI=1S/C55H62ClF4N6O11PS4/c1-36(2)66-37(3)52(80(5,71)72)50(51(66)38-11-13-40(56)14-12-38)39-29-41(57)31-45(30-39)65-25-23-64(24-26-65)44-17-15-42(16-18-44)62-82(75,76)47-19-20-48(49(32-47)81(73,74)55(58,59)60)61-43(33-79-46-9-7-6-8-10-46)21-22-63-34-54(4,35-63)53(67)77-27-28-78(68,69)70/h6-20,29-32,36,43,61-62H,21-28,33-35H2,1-5H3,(H2,68,69,70)/t43-/m1/s1. The van der Waals surface area contributed by atoms with Gasteiger partial charge in [0.1, 0.15) is 17.3 Å². The van der Waals surface area contributed by atoms with Crippen LogP contribution in [0.15, 0.2) is 135 Å². The molecule has 0 unspecified atom stereocenters. The second kappa shape index (κ2) is 24.5. The Morgan fingerprint density at radius 3 is 2.05 bits per heavy atom. The van der Waals surface area contributed by atoms with E-state index in [0.29, 0.717) is 83.3 Å². The number of esters is 1. The minimum absolute atomic E-state index is 0.0274. The quantitative estimate of drug-likeness (QED) is 0.0215. The minimum atomic E-state index is -6.15. The van der Waals surface area contributed by atoms with E-state index in [1.54, 1.807) is 74.5 Å². The Kier molecular flexibility index (Phi) is 18.7. The molecule has 0 spiro atoms. The average molecular weight is 1250 g/mol. The lowest BCUT2D eigenvalue weighted by Crippen LogP contribution is -2.59. The number of nitrogens with one attached hydrogen (secondary N) is 2. The summed E-state index contributed by atoms with van der Waals surface area (Å²) in [5.74, 6) is -0.988. The van der Waals surface area contributed by atoms with Gasteiger partial charge in [-0.25, -0.2) is 29.6 Å². The normalized spacial score (nSPS) is 15.8. The molecule has 2 aliphatic heterocycles. The van der Waals surface area contributed by atoms with Crippen LogP contribution in [0.3, 0.4) is 0 Å². The molecule has 5 aromatic carbocycles. The van der Waals surface area contributed by atoms with Crippen molar-refractivity contribution in [1.82, 2.24) is 9.47 Å². The zero-order valence-corrected chi connectivity index (χ0v) is 50.1. The number of thioether (sulfide) groups is 1. The first kappa shape index (κ1) is 62.4. The molecule has 0 aliphatic carbocycles. The molecule has 6 aromatic rings. The fourth-order valence-electron chi connectivity index (χ4n) is 10.3. The summed E-state index contributed by atoms with van der Waals surface area (Å²) in [6, 6.07) is 28.3. The predicted molar refractivity (Wildman–Crippen MR) is 311 cm³/mol. The van der Waals surface area contributed by atoms with Crippen LogP contribution >= 0.6 is 31.0 Å². The van der Waals surface area contributed by atoms with E-state index in [0.717, 1.165) is 23.3 Å². The van der Waals surface area contributed by atoms with Crippen LogP contribution in [0.25, 0.3) is 22.4 Å². The van der Waals surface area contributed by atoms with Crippen molar-refractivity contribution < 1.29 is 66.7 Å². The van der Waals surface area contributed by atoms with Crippen LogP contribution in [0.5, 0.6) is 0 Å². The van der Waals surface area contributed by atoms with Crippen molar-refractivity contribution in [1.29, 1.82) is 0 Å². The van der Waals surface area contributed by atoms with Crippen LogP contribution in [0.2, 0.25) is 5.02 Å². The number of anilines is 4. The minimum Gasteiger partial charge on any atom is -0.465 e. The number of sulfonamides is 1. The first-order chi connectivity index (χ1) is 38.3. The molecule has 2 fully saturated rings. The first-order valence-electron chi connectivity index (χ1n) is 25.8. The van der Waals surface area contributed by atoms with Crippen molar-refractivity contribution in [3.63, 3.8) is 0 Å². The fourth-order valence-corrected chi connectivity index (χ4v) is 15.1. The lowest BCUT2D eigenvalue weighted by molar-refractivity contribution is -0.165. The second-order valence-corrected chi connectivity index (χ2v) is 29.7. The number of hydrogen-bond acceptors (Lipinski definition) is 14. The number of rotatable bonds is 22. The molecule has 1 atom stereocenters. The molecule has 17 nitrogen and oxygen atoms in total. The van der Waals surface area contributed by atoms with Crippen molar-refractivity contribution in [3.05, 3.63) is 132 Å².